The van der Waals surface area contributed by atoms with Crippen LogP contribution in [0.4, 0.5) is 5.69 Å². The molecule has 1 fully saturated rings. The van der Waals surface area contributed by atoms with Crippen LogP contribution >= 0.6 is 11.8 Å². The van der Waals surface area contributed by atoms with Crippen LogP contribution in [0.2, 0.25) is 0 Å². The van der Waals surface area contributed by atoms with Crippen molar-refractivity contribution in [2.75, 3.05) is 37.3 Å². The molecule has 140 valence electrons. The zero-order valence-corrected chi connectivity index (χ0v) is 16.6. The fourth-order valence-corrected chi connectivity index (χ4v) is 3.70. The molecule has 0 radical (unpaired) electrons. The first-order chi connectivity index (χ1) is 13.2. The van der Waals surface area contributed by atoms with E-state index < -0.39 is 0 Å². The van der Waals surface area contributed by atoms with E-state index in [1.807, 2.05) is 12.1 Å². The maximum Gasteiger partial charge on any atom is 0.241 e. The number of hydrogen-bond donors (Lipinski definition) is 0. The summed E-state index contributed by atoms with van der Waals surface area (Å²) in [4.78, 5) is 10.6. The van der Waals surface area contributed by atoms with Gasteiger partial charge in [-0.3, -0.25) is 4.90 Å². The van der Waals surface area contributed by atoms with Crippen LogP contribution in [-0.2, 0) is 6.54 Å². The van der Waals surface area contributed by atoms with Crippen LogP contribution in [-0.4, -0.2) is 47.5 Å². The molecule has 0 bridgehead atoms. The highest BCUT2D eigenvalue weighted by Gasteiger charge is 2.19. The molecular weight excluding hydrogens is 356 g/mol. The molecule has 0 saturated carbocycles. The van der Waals surface area contributed by atoms with Gasteiger partial charge in [0.25, 0.3) is 0 Å². The van der Waals surface area contributed by atoms with Gasteiger partial charge < -0.3 is 9.42 Å². The highest BCUT2D eigenvalue weighted by molar-refractivity contribution is 7.98. The number of hydrogen-bond acceptors (Lipinski definition) is 6. The summed E-state index contributed by atoms with van der Waals surface area (Å²) in [5.74, 6) is 1.35. The number of aromatic nitrogens is 2. The Hall–Kier alpha value is -2.31. The van der Waals surface area contributed by atoms with E-state index in [4.69, 9.17) is 4.52 Å². The second-order valence-electron chi connectivity index (χ2n) is 6.84. The minimum absolute atomic E-state index is 0.663. The van der Waals surface area contributed by atoms with Gasteiger partial charge in [-0.05, 0) is 49.6 Å². The predicted molar refractivity (Wildman–Crippen MR) is 110 cm³/mol. The Morgan fingerprint density at radius 3 is 2.33 bits per heavy atom. The van der Waals surface area contributed by atoms with Crippen LogP contribution in [0.15, 0.2) is 57.9 Å². The average molecular weight is 381 g/mol. The Labute approximate surface area is 164 Å². The molecule has 1 aliphatic heterocycles. The molecule has 0 unspecified atom stereocenters. The van der Waals surface area contributed by atoms with Crippen LogP contribution < -0.4 is 4.90 Å². The minimum atomic E-state index is 0.663. The van der Waals surface area contributed by atoms with Gasteiger partial charge in [0.1, 0.15) is 0 Å². The number of thioether (sulfide) groups is 1. The van der Waals surface area contributed by atoms with Crippen LogP contribution in [0.1, 0.15) is 11.5 Å². The van der Waals surface area contributed by atoms with E-state index in [2.05, 4.69) is 69.5 Å². The van der Waals surface area contributed by atoms with Crippen molar-refractivity contribution in [2.45, 2.75) is 18.4 Å². The van der Waals surface area contributed by atoms with Crippen molar-refractivity contribution in [1.29, 1.82) is 0 Å². The molecular formula is C21H24N4OS. The third kappa shape index (κ3) is 4.34. The van der Waals surface area contributed by atoms with E-state index in [1.54, 1.807) is 11.8 Å². The topological polar surface area (TPSA) is 45.4 Å². The molecule has 0 N–H and O–H groups in total. The van der Waals surface area contributed by atoms with Gasteiger partial charge in [0, 0.05) is 42.3 Å². The lowest BCUT2D eigenvalue weighted by Gasteiger charge is -2.35. The van der Waals surface area contributed by atoms with Crippen molar-refractivity contribution in [2.24, 2.45) is 0 Å². The summed E-state index contributed by atoms with van der Waals surface area (Å²) >= 11 is 1.73. The summed E-state index contributed by atoms with van der Waals surface area (Å²) in [7, 11) is 0. The fraction of sp³-hybridized carbons (Fsp3) is 0.333. The summed E-state index contributed by atoms with van der Waals surface area (Å²) < 4.78 is 5.48. The van der Waals surface area contributed by atoms with E-state index in [0.717, 1.165) is 31.7 Å². The van der Waals surface area contributed by atoms with Gasteiger partial charge >= 0.3 is 0 Å². The molecule has 27 heavy (non-hydrogen) atoms. The molecule has 5 nitrogen and oxygen atoms in total. The summed E-state index contributed by atoms with van der Waals surface area (Å²) in [6, 6.07) is 17.0. The van der Waals surface area contributed by atoms with E-state index in [0.29, 0.717) is 18.3 Å². The third-order valence-electron chi connectivity index (χ3n) is 4.95. The summed E-state index contributed by atoms with van der Waals surface area (Å²) in [6.45, 7) is 6.84. The van der Waals surface area contributed by atoms with Crippen LogP contribution in [0, 0.1) is 6.92 Å². The van der Waals surface area contributed by atoms with Crippen molar-refractivity contribution in [3.8, 4) is 11.4 Å². The maximum atomic E-state index is 5.48. The largest absolute Gasteiger partial charge is 0.369 e. The molecule has 4 rings (SSSR count). The Morgan fingerprint density at radius 1 is 0.963 bits per heavy atom. The maximum absolute atomic E-state index is 5.48. The molecule has 6 heteroatoms. The number of rotatable bonds is 5. The van der Waals surface area contributed by atoms with E-state index in [9.17, 15) is 0 Å². The molecule has 0 amide bonds. The van der Waals surface area contributed by atoms with Crippen LogP contribution in [0.5, 0.6) is 0 Å². The smallest absolute Gasteiger partial charge is 0.241 e. The highest BCUT2D eigenvalue weighted by atomic mass is 32.2. The molecule has 0 aliphatic carbocycles. The van der Waals surface area contributed by atoms with Gasteiger partial charge in [0.15, 0.2) is 0 Å². The SMILES string of the molecule is CSc1ccc(-c2noc(CN3CCN(c4ccc(C)cc4)CC3)n2)cc1. The van der Waals surface area contributed by atoms with Crippen molar-refractivity contribution in [3.05, 3.63) is 60.0 Å². The average Bonchev–Trinajstić information content (AvgIpc) is 3.18. The van der Waals surface area contributed by atoms with E-state index in [1.165, 1.54) is 16.1 Å². The number of benzene rings is 2. The third-order valence-corrected chi connectivity index (χ3v) is 5.69. The predicted octanol–water partition coefficient (Wildman–Crippen LogP) is 4.09. The van der Waals surface area contributed by atoms with Gasteiger partial charge in [0.2, 0.25) is 11.7 Å². The number of anilines is 1. The highest BCUT2D eigenvalue weighted by Crippen LogP contribution is 2.22. The molecule has 1 aliphatic rings. The Morgan fingerprint density at radius 2 is 1.67 bits per heavy atom. The first-order valence-corrected chi connectivity index (χ1v) is 10.4. The van der Waals surface area contributed by atoms with Crippen molar-refractivity contribution in [1.82, 2.24) is 15.0 Å². The Bertz CT molecular complexity index is 868. The molecule has 2 heterocycles. The summed E-state index contributed by atoms with van der Waals surface area (Å²) in [6.07, 6.45) is 2.07. The molecule has 1 saturated heterocycles. The second kappa shape index (κ2) is 8.15. The lowest BCUT2D eigenvalue weighted by Crippen LogP contribution is -2.46. The number of nitrogens with zero attached hydrogens (tertiary/aromatic N) is 4. The molecule has 3 aromatic rings. The van der Waals surface area contributed by atoms with Gasteiger partial charge in [-0.2, -0.15) is 4.98 Å². The second-order valence-corrected chi connectivity index (χ2v) is 7.72. The molecule has 2 aromatic carbocycles. The van der Waals surface area contributed by atoms with Crippen molar-refractivity contribution < 1.29 is 4.52 Å². The standard InChI is InChI=1S/C21H24N4OS/c1-16-3-7-18(8-4-16)25-13-11-24(12-14-25)15-20-22-21(23-26-20)17-5-9-19(27-2)10-6-17/h3-10H,11-15H2,1-2H3. The first kappa shape index (κ1) is 18.1. The number of piperazine rings is 1. The van der Waals surface area contributed by atoms with Crippen molar-refractivity contribution >= 4 is 17.4 Å². The fourth-order valence-electron chi connectivity index (χ4n) is 3.29. The van der Waals surface area contributed by atoms with Gasteiger partial charge in [-0.15, -0.1) is 11.8 Å². The lowest BCUT2D eigenvalue weighted by molar-refractivity contribution is 0.215. The van der Waals surface area contributed by atoms with Crippen LogP contribution in [0.25, 0.3) is 11.4 Å². The normalized spacial score (nSPS) is 15.3. The van der Waals surface area contributed by atoms with E-state index in [-0.39, 0.29) is 0 Å². The number of aryl methyl sites for hydroxylation is 1. The van der Waals surface area contributed by atoms with Gasteiger partial charge in [-0.25, -0.2) is 0 Å². The molecule has 0 spiro atoms. The lowest BCUT2D eigenvalue weighted by atomic mass is 10.2. The zero-order valence-electron chi connectivity index (χ0n) is 15.8. The zero-order chi connectivity index (χ0) is 18.6. The first-order valence-electron chi connectivity index (χ1n) is 9.22. The van der Waals surface area contributed by atoms with Gasteiger partial charge in [0.05, 0.1) is 6.54 Å². The minimum Gasteiger partial charge on any atom is -0.369 e. The Balaban J connectivity index is 1.34. The quantitative estimate of drug-likeness (QED) is 0.621. The molecule has 0 atom stereocenters. The molecule has 1 aromatic heterocycles. The van der Waals surface area contributed by atoms with E-state index >= 15 is 0 Å². The van der Waals surface area contributed by atoms with Gasteiger partial charge in [-0.1, -0.05) is 22.9 Å². The Kier molecular flexibility index (Phi) is 5.45. The monoisotopic (exact) mass is 380 g/mol. The summed E-state index contributed by atoms with van der Waals surface area (Å²) in [5.41, 5.74) is 3.59. The van der Waals surface area contributed by atoms with Crippen molar-refractivity contribution in [3.63, 3.8) is 0 Å². The van der Waals surface area contributed by atoms with Crippen LogP contribution in [0.3, 0.4) is 0 Å². The summed E-state index contributed by atoms with van der Waals surface area (Å²) in [5, 5.41) is 4.15.